The van der Waals surface area contributed by atoms with E-state index in [2.05, 4.69) is 0 Å². The quantitative estimate of drug-likeness (QED) is 0.748. The van der Waals surface area contributed by atoms with Gasteiger partial charge in [0.05, 0.1) is 6.61 Å². The van der Waals surface area contributed by atoms with Crippen LogP contribution in [0.15, 0.2) is 36.4 Å². The van der Waals surface area contributed by atoms with Crippen LogP contribution >= 0.6 is 0 Å². The van der Waals surface area contributed by atoms with E-state index in [4.69, 9.17) is 9.84 Å². The van der Waals surface area contributed by atoms with Crippen molar-refractivity contribution in [2.24, 2.45) is 5.92 Å². The first-order chi connectivity index (χ1) is 7.25. The summed E-state index contributed by atoms with van der Waals surface area (Å²) in [6.45, 7) is 0.556. The average molecular weight is 204 g/mol. The van der Waals surface area contributed by atoms with Crippen molar-refractivity contribution in [3.05, 3.63) is 42.0 Å². The third-order valence-electron chi connectivity index (χ3n) is 2.42. The maximum atomic E-state index is 10.4. The summed E-state index contributed by atoms with van der Waals surface area (Å²) < 4.78 is 5.52. The topological polar surface area (TPSA) is 46.5 Å². The van der Waals surface area contributed by atoms with Gasteiger partial charge < -0.3 is 9.84 Å². The van der Waals surface area contributed by atoms with E-state index >= 15 is 0 Å². The fraction of sp³-hybridized carbons (Fsp3) is 0.250. The van der Waals surface area contributed by atoms with Crippen molar-refractivity contribution in [2.45, 2.75) is 6.42 Å². The van der Waals surface area contributed by atoms with Crippen LogP contribution in [-0.2, 0) is 11.2 Å². The number of benzene rings is 1. The lowest BCUT2D eigenvalue weighted by Gasteiger charge is -2.22. The van der Waals surface area contributed by atoms with Crippen molar-refractivity contribution in [2.75, 3.05) is 6.61 Å². The second kappa shape index (κ2) is 4.17. The highest BCUT2D eigenvalue weighted by Gasteiger charge is 2.16. The number of hydrogen-bond donors (Lipinski definition) is 1. The van der Waals surface area contributed by atoms with Gasteiger partial charge in [0.15, 0.2) is 0 Å². The van der Waals surface area contributed by atoms with Crippen molar-refractivity contribution in [1.29, 1.82) is 0 Å². The molecule has 1 heterocycles. The number of carboxylic acids is 1. The second-order valence-electron chi connectivity index (χ2n) is 3.58. The zero-order valence-corrected chi connectivity index (χ0v) is 8.22. The first-order valence-electron chi connectivity index (χ1n) is 4.87. The maximum Gasteiger partial charge on any atom is 0.327 e. The van der Waals surface area contributed by atoms with E-state index in [1.165, 1.54) is 6.08 Å². The monoisotopic (exact) mass is 204 g/mol. The molecular formula is C12H12O3. The van der Waals surface area contributed by atoms with Crippen molar-refractivity contribution in [3.63, 3.8) is 0 Å². The van der Waals surface area contributed by atoms with E-state index in [1.54, 1.807) is 6.08 Å². The van der Waals surface area contributed by atoms with Crippen molar-refractivity contribution < 1.29 is 14.6 Å². The molecule has 0 bridgehead atoms. The third-order valence-corrected chi connectivity index (χ3v) is 2.42. The molecule has 1 aromatic carbocycles. The molecule has 1 aliphatic rings. The minimum absolute atomic E-state index is 0.163. The molecule has 0 saturated carbocycles. The highest BCUT2D eigenvalue weighted by molar-refractivity contribution is 5.79. The van der Waals surface area contributed by atoms with Crippen LogP contribution in [0.25, 0.3) is 0 Å². The first-order valence-corrected chi connectivity index (χ1v) is 4.87. The van der Waals surface area contributed by atoms with Crippen LogP contribution in [0.1, 0.15) is 5.56 Å². The van der Waals surface area contributed by atoms with E-state index in [9.17, 15) is 4.79 Å². The Morgan fingerprint density at radius 3 is 3.07 bits per heavy atom. The molecule has 1 unspecified atom stereocenters. The highest BCUT2D eigenvalue weighted by atomic mass is 16.5. The summed E-state index contributed by atoms with van der Waals surface area (Å²) in [5, 5.41) is 8.51. The average Bonchev–Trinajstić information content (AvgIpc) is 2.26. The third kappa shape index (κ3) is 2.37. The zero-order valence-electron chi connectivity index (χ0n) is 8.22. The number of carboxylic acid groups (broad SMARTS) is 1. The standard InChI is InChI=1S/C12H12O3/c13-12(14)6-5-9-7-10-3-1-2-4-11(10)15-8-9/h1-6,9H,7-8H2,(H,13,14)/b6-5+. The van der Waals surface area contributed by atoms with Gasteiger partial charge in [0.1, 0.15) is 5.75 Å². The van der Waals surface area contributed by atoms with Gasteiger partial charge in [-0.25, -0.2) is 4.79 Å². The van der Waals surface area contributed by atoms with Crippen molar-refractivity contribution >= 4 is 5.97 Å². The Morgan fingerprint density at radius 1 is 1.47 bits per heavy atom. The maximum absolute atomic E-state index is 10.4. The van der Waals surface area contributed by atoms with E-state index in [-0.39, 0.29) is 5.92 Å². The molecule has 0 aliphatic carbocycles. The van der Waals surface area contributed by atoms with Gasteiger partial charge in [-0.15, -0.1) is 0 Å². The lowest BCUT2D eigenvalue weighted by atomic mass is 9.96. The van der Waals surface area contributed by atoms with Gasteiger partial charge in [0, 0.05) is 12.0 Å². The number of hydrogen-bond acceptors (Lipinski definition) is 2. The SMILES string of the molecule is O=C(O)/C=C/C1COc2ccccc2C1. The highest BCUT2D eigenvalue weighted by Crippen LogP contribution is 2.27. The summed E-state index contributed by atoms with van der Waals surface area (Å²) in [6.07, 6.45) is 3.72. The Bertz CT molecular complexity index is 396. The summed E-state index contributed by atoms with van der Waals surface area (Å²) in [7, 11) is 0. The number of ether oxygens (including phenoxy) is 1. The Hall–Kier alpha value is -1.77. The van der Waals surface area contributed by atoms with Gasteiger partial charge in [-0.1, -0.05) is 24.3 Å². The van der Waals surface area contributed by atoms with Crippen molar-refractivity contribution in [3.8, 4) is 5.75 Å². The Balaban J connectivity index is 2.09. The molecule has 0 spiro atoms. The summed E-state index contributed by atoms with van der Waals surface area (Å²) in [5.74, 6) is 0.169. The lowest BCUT2D eigenvalue weighted by molar-refractivity contribution is -0.131. The molecular weight excluding hydrogens is 192 g/mol. The van der Waals surface area contributed by atoms with Crippen LogP contribution in [0.4, 0.5) is 0 Å². The van der Waals surface area contributed by atoms with Crippen LogP contribution in [0.2, 0.25) is 0 Å². The van der Waals surface area contributed by atoms with Gasteiger partial charge in [0.2, 0.25) is 0 Å². The summed E-state index contributed by atoms with van der Waals surface area (Å²) >= 11 is 0. The molecule has 1 aromatic rings. The molecule has 3 nitrogen and oxygen atoms in total. The lowest BCUT2D eigenvalue weighted by Crippen LogP contribution is -2.19. The van der Waals surface area contributed by atoms with Crippen LogP contribution in [0.3, 0.4) is 0 Å². The minimum atomic E-state index is -0.908. The second-order valence-corrected chi connectivity index (χ2v) is 3.58. The largest absolute Gasteiger partial charge is 0.493 e. The zero-order chi connectivity index (χ0) is 10.7. The number of para-hydroxylation sites is 1. The first kappa shape index (κ1) is 9.77. The fourth-order valence-corrected chi connectivity index (χ4v) is 1.69. The normalized spacial score (nSPS) is 19.6. The number of carbonyl (C=O) groups is 1. The summed E-state index contributed by atoms with van der Waals surface area (Å²) in [6, 6.07) is 7.85. The Labute approximate surface area is 88.0 Å². The molecule has 0 amide bonds. The molecule has 1 N–H and O–H groups in total. The summed E-state index contributed by atoms with van der Waals surface area (Å²) in [4.78, 5) is 10.4. The van der Waals surface area contributed by atoms with Gasteiger partial charge in [-0.2, -0.15) is 0 Å². The van der Waals surface area contributed by atoms with Crippen LogP contribution in [-0.4, -0.2) is 17.7 Å². The van der Waals surface area contributed by atoms with Gasteiger partial charge in [-0.05, 0) is 18.1 Å². The number of fused-ring (bicyclic) bond motifs is 1. The minimum Gasteiger partial charge on any atom is -0.493 e. The van der Waals surface area contributed by atoms with Gasteiger partial charge >= 0.3 is 5.97 Å². The molecule has 78 valence electrons. The van der Waals surface area contributed by atoms with Crippen LogP contribution in [0, 0.1) is 5.92 Å². The molecule has 1 aliphatic heterocycles. The Kier molecular flexibility index (Phi) is 2.72. The molecule has 2 rings (SSSR count). The Morgan fingerprint density at radius 2 is 2.27 bits per heavy atom. The molecule has 0 aromatic heterocycles. The number of rotatable bonds is 2. The fourth-order valence-electron chi connectivity index (χ4n) is 1.69. The molecule has 0 radical (unpaired) electrons. The molecule has 15 heavy (non-hydrogen) atoms. The summed E-state index contributed by atoms with van der Waals surface area (Å²) in [5.41, 5.74) is 1.14. The van der Waals surface area contributed by atoms with E-state index in [0.29, 0.717) is 6.61 Å². The predicted molar refractivity (Wildman–Crippen MR) is 55.9 cm³/mol. The van der Waals surface area contributed by atoms with Crippen LogP contribution in [0.5, 0.6) is 5.75 Å². The van der Waals surface area contributed by atoms with E-state index < -0.39 is 5.97 Å². The number of aliphatic carboxylic acids is 1. The molecule has 3 heteroatoms. The van der Waals surface area contributed by atoms with E-state index in [0.717, 1.165) is 17.7 Å². The van der Waals surface area contributed by atoms with Crippen LogP contribution < -0.4 is 4.74 Å². The predicted octanol–water partition coefficient (Wildman–Crippen LogP) is 1.88. The van der Waals surface area contributed by atoms with Gasteiger partial charge in [0.25, 0.3) is 0 Å². The molecule has 0 fully saturated rings. The van der Waals surface area contributed by atoms with Gasteiger partial charge in [-0.3, -0.25) is 0 Å². The van der Waals surface area contributed by atoms with E-state index in [1.807, 2.05) is 24.3 Å². The van der Waals surface area contributed by atoms with Crippen molar-refractivity contribution in [1.82, 2.24) is 0 Å². The molecule has 1 atom stereocenters. The molecule has 0 saturated heterocycles. The smallest absolute Gasteiger partial charge is 0.327 e.